The van der Waals surface area contributed by atoms with Crippen LogP contribution < -0.4 is 0 Å². The van der Waals surface area contributed by atoms with Gasteiger partial charge >= 0.3 is 5.97 Å². The van der Waals surface area contributed by atoms with Crippen molar-refractivity contribution in [3.63, 3.8) is 0 Å². The van der Waals surface area contributed by atoms with Crippen molar-refractivity contribution in [3.8, 4) is 0 Å². The van der Waals surface area contributed by atoms with Gasteiger partial charge in [0.1, 0.15) is 19.0 Å². The molecule has 1 aromatic carbocycles. The summed E-state index contributed by atoms with van der Waals surface area (Å²) in [4.78, 5) is 15.2. The van der Waals surface area contributed by atoms with E-state index in [1.54, 1.807) is 28.8 Å². The van der Waals surface area contributed by atoms with Crippen LogP contribution in [0.2, 0.25) is 0 Å². The predicted molar refractivity (Wildman–Crippen MR) is 67.9 cm³/mol. The lowest BCUT2D eigenvalue weighted by Crippen LogP contribution is -2.14. The summed E-state index contributed by atoms with van der Waals surface area (Å²) in [5.41, 5.74) is 1.39. The minimum atomic E-state index is -2.51. The Balaban J connectivity index is 2.16. The number of ether oxygens (including phenoxy) is 1. The number of aliphatic carboxylic acids is 1. The van der Waals surface area contributed by atoms with E-state index in [0.717, 1.165) is 0 Å². The highest BCUT2D eigenvalue weighted by Crippen LogP contribution is 2.16. The number of carbonyl (C=O) groups is 1. The van der Waals surface area contributed by atoms with Gasteiger partial charge in [-0.05, 0) is 12.1 Å². The lowest BCUT2D eigenvalue weighted by atomic mass is 10.3. The molecule has 0 spiro atoms. The van der Waals surface area contributed by atoms with Crippen LogP contribution in [0.25, 0.3) is 11.0 Å². The third-order valence-corrected chi connectivity index (χ3v) is 2.74. The number of hydrogen-bond acceptors (Lipinski definition) is 3. The van der Waals surface area contributed by atoms with Crippen molar-refractivity contribution in [2.45, 2.75) is 19.4 Å². The highest BCUT2D eigenvalue weighted by atomic mass is 19.3. The molecule has 20 heavy (non-hydrogen) atoms. The second-order valence-corrected chi connectivity index (χ2v) is 4.21. The van der Waals surface area contributed by atoms with Gasteiger partial charge in [-0.3, -0.25) is 4.79 Å². The first-order valence-electron chi connectivity index (χ1n) is 6.09. The number of carboxylic acid groups (broad SMARTS) is 1. The molecule has 7 heteroatoms. The fourth-order valence-electron chi connectivity index (χ4n) is 1.96. The van der Waals surface area contributed by atoms with E-state index in [1.807, 2.05) is 0 Å². The topological polar surface area (TPSA) is 64.3 Å². The highest BCUT2D eigenvalue weighted by Gasteiger charge is 2.13. The van der Waals surface area contributed by atoms with E-state index in [0.29, 0.717) is 16.9 Å². The molecule has 0 saturated heterocycles. The first-order valence-corrected chi connectivity index (χ1v) is 6.09. The Morgan fingerprint density at radius 3 is 2.85 bits per heavy atom. The van der Waals surface area contributed by atoms with E-state index in [4.69, 9.17) is 9.84 Å². The largest absolute Gasteiger partial charge is 0.480 e. The summed E-state index contributed by atoms with van der Waals surface area (Å²) in [6, 6.07) is 7.14. The van der Waals surface area contributed by atoms with Gasteiger partial charge < -0.3 is 14.4 Å². The normalized spacial score (nSPS) is 11.3. The van der Waals surface area contributed by atoms with Gasteiger partial charge in [0.2, 0.25) is 0 Å². The van der Waals surface area contributed by atoms with E-state index < -0.39 is 19.0 Å². The van der Waals surface area contributed by atoms with Crippen LogP contribution in [0.3, 0.4) is 0 Å². The molecule has 0 aliphatic heterocycles. The molecule has 0 atom stereocenters. The Morgan fingerprint density at radius 2 is 2.15 bits per heavy atom. The van der Waals surface area contributed by atoms with Crippen molar-refractivity contribution in [1.29, 1.82) is 0 Å². The maximum atomic E-state index is 12.0. The fourth-order valence-corrected chi connectivity index (χ4v) is 1.96. The van der Waals surface area contributed by atoms with Crippen LogP contribution in [0.15, 0.2) is 24.3 Å². The number of nitrogens with zero attached hydrogens (tertiary/aromatic N) is 2. The lowest BCUT2D eigenvalue weighted by Gasteiger charge is -2.07. The Bertz CT molecular complexity index is 598. The van der Waals surface area contributed by atoms with Gasteiger partial charge in [0, 0.05) is 6.42 Å². The molecule has 0 fully saturated rings. The summed E-state index contributed by atoms with van der Waals surface area (Å²) in [6.45, 7) is -0.767. The summed E-state index contributed by atoms with van der Waals surface area (Å²) in [6.07, 6.45) is -2.22. The van der Waals surface area contributed by atoms with Crippen molar-refractivity contribution < 1.29 is 23.4 Å². The molecule has 0 aliphatic rings. The maximum Gasteiger partial charge on any atom is 0.323 e. The van der Waals surface area contributed by atoms with Crippen molar-refractivity contribution in [2.75, 3.05) is 13.2 Å². The molecule has 1 aromatic heterocycles. The van der Waals surface area contributed by atoms with Crippen LogP contribution in [-0.2, 0) is 22.5 Å². The minimum absolute atomic E-state index is 0.0767. The number of carboxylic acids is 1. The van der Waals surface area contributed by atoms with E-state index in [2.05, 4.69) is 4.98 Å². The fraction of sp³-hybridized carbons (Fsp3) is 0.385. The summed E-state index contributed by atoms with van der Waals surface area (Å²) < 4.78 is 30.3. The third kappa shape index (κ3) is 3.51. The second-order valence-electron chi connectivity index (χ2n) is 4.21. The number of para-hydroxylation sites is 2. The number of aromatic nitrogens is 2. The molecular weight excluding hydrogens is 270 g/mol. The van der Waals surface area contributed by atoms with Gasteiger partial charge in [-0.15, -0.1) is 0 Å². The van der Waals surface area contributed by atoms with Gasteiger partial charge in [-0.2, -0.15) is 0 Å². The van der Waals surface area contributed by atoms with Crippen LogP contribution in [0.1, 0.15) is 5.82 Å². The van der Waals surface area contributed by atoms with Gasteiger partial charge in [0.25, 0.3) is 6.43 Å². The number of benzene rings is 1. The highest BCUT2D eigenvalue weighted by molar-refractivity contribution is 5.78. The van der Waals surface area contributed by atoms with Crippen LogP contribution in [0.4, 0.5) is 8.78 Å². The molecule has 0 radical (unpaired) electrons. The van der Waals surface area contributed by atoms with Gasteiger partial charge in [0.15, 0.2) is 0 Å². The zero-order chi connectivity index (χ0) is 14.5. The monoisotopic (exact) mass is 284 g/mol. The summed E-state index contributed by atoms with van der Waals surface area (Å²) in [5, 5.41) is 8.93. The van der Waals surface area contributed by atoms with Gasteiger partial charge in [-0.1, -0.05) is 12.1 Å². The summed E-state index contributed by atoms with van der Waals surface area (Å²) >= 11 is 0. The smallest absolute Gasteiger partial charge is 0.323 e. The number of hydrogen-bond donors (Lipinski definition) is 1. The molecule has 2 aromatic rings. The lowest BCUT2D eigenvalue weighted by molar-refractivity contribution is -0.137. The summed E-state index contributed by atoms with van der Waals surface area (Å²) in [5.74, 6) is -0.467. The number of halogens is 2. The molecular formula is C13H14F2N2O3. The maximum absolute atomic E-state index is 12.0. The number of rotatable bonds is 7. The average molecular weight is 284 g/mol. The second kappa shape index (κ2) is 6.42. The Morgan fingerprint density at radius 1 is 1.40 bits per heavy atom. The van der Waals surface area contributed by atoms with E-state index >= 15 is 0 Å². The summed E-state index contributed by atoms with van der Waals surface area (Å²) in [7, 11) is 0. The van der Waals surface area contributed by atoms with E-state index in [-0.39, 0.29) is 19.6 Å². The first-order chi connectivity index (χ1) is 9.58. The molecule has 0 saturated carbocycles. The Kier molecular flexibility index (Phi) is 4.62. The SMILES string of the molecule is O=C(O)Cn1c(CCOCC(F)F)nc2ccccc21. The third-order valence-electron chi connectivity index (χ3n) is 2.74. The molecule has 0 amide bonds. The molecule has 0 aliphatic carbocycles. The number of fused-ring (bicyclic) bond motifs is 1. The zero-order valence-electron chi connectivity index (χ0n) is 10.6. The Hall–Kier alpha value is -2.02. The van der Waals surface area contributed by atoms with Crippen LogP contribution in [0, 0.1) is 0 Å². The quantitative estimate of drug-likeness (QED) is 0.789. The molecule has 0 unspecified atom stereocenters. The molecule has 1 N–H and O–H groups in total. The van der Waals surface area contributed by atoms with Crippen molar-refractivity contribution in [2.24, 2.45) is 0 Å². The van der Waals surface area contributed by atoms with Gasteiger partial charge in [-0.25, -0.2) is 13.8 Å². The van der Waals surface area contributed by atoms with E-state index in [9.17, 15) is 13.6 Å². The molecule has 108 valence electrons. The van der Waals surface area contributed by atoms with Crippen molar-refractivity contribution >= 4 is 17.0 Å². The molecule has 2 rings (SSSR count). The molecule has 5 nitrogen and oxygen atoms in total. The van der Waals surface area contributed by atoms with Crippen LogP contribution in [0.5, 0.6) is 0 Å². The van der Waals surface area contributed by atoms with Crippen molar-refractivity contribution in [1.82, 2.24) is 9.55 Å². The predicted octanol–water partition coefficient (Wildman–Crippen LogP) is 1.95. The first kappa shape index (κ1) is 14.4. The standard InChI is InChI=1S/C13H14F2N2O3/c14-11(15)8-20-6-5-12-16-9-3-1-2-4-10(9)17(12)7-13(18)19/h1-4,11H,5-8H2,(H,18,19). The van der Waals surface area contributed by atoms with Gasteiger partial charge in [0.05, 0.1) is 17.6 Å². The molecule has 0 bridgehead atoms. The zero-order valence-corrected chi connectivity index (χ0v) is 10.6. The Labute approximate surface area is 113 Å². The average Bonchev–Trinajstić information content (AvgIpc) is 2.72. The molecule has 1 heterocycles. The van der Waals surface area contributed by atoms with Crippen LogP contribution in [-0.4, -0.2) is 40.3 Å². The van der Waals surface area contributed by atoms with Crippen molar-refractivity contribution in [3.05, 3.63) is 30.1 Å². The minimum Gasteiger partial charge on any atom is -0.480 e. The van der Waals surface area contributed by atoms with E-state index in [1.165, 1.54) is 0 Å². The number of imidazole rings is 1. The van der Waals surface area contributed by atoms with Crippen LogP contribution >= 0.6 is 0 Å². The number of alkyl halides is 2.